The highest BCUT2D eigenvalue weighted by Crippen LogP contribution is 2.22. The van der Waals surface area contributed by atoms with Gasteiger partial charge in [0, 0.05) is 17.5 Å². The number of nitrogens with two attached hydrogens (primary N) is 1. The van der Waals surface area contributed by atoms with Crippen molar-refractivity contribution in [3.63, 3.8) is 0 Å². The summed E-state index contributed by atoms with van der Waals surface area (Å²) in [6, 6.07) is 7.76. The number of hydrogen-bond donors (Lipinski definition) is 2. The van der Waals surface area contributed by atoms with Gasteiger partial charge < -0.3 is 15.8 Å². The third kappa shape index (κ3) is 8.19. The van der Waals surface area contributed by atoms with Gasteiger partial charge in [-0.3, -0.25) is 4.79 Å². The second-order valence-electron chi connectivity index (χ2n) is 5.10. The second kappa shape index (κ2) is 10.8. The summed E-state index contributed by atoms with van der Waals surface area (Å²) < 4.78 is 5.16. The normalized spacial score (nSPS) is 11.7. The van der Waals surface area contributed by atoms with Gasteiger partial charge in [0.2, 0.25) is 5.91 Å². The number of carbonyl (C=O) groups excluding carboxylic acids is 1. The Balaban J connectivity index is 0.00000400. The predicted octanol–water partition coefficient (Wildman–Crippen LogP) is 2.70. The highest BCUT2D eigenvalue weighted by atomic mass is 35.5. The van der Waals surface area contributed by atoms with Crippen molar-refractivity contribution in [1.29, 1.82) is 0 Å². The standard InChI is InChI=1S/C15H24N2O2S.ClH/c1-11(2)7-12(9-16)17-15(18)10-20-14-6-4-5-13(8-14)19-3;/h4-6,8,11-12H,7,9-10,16H2,1-3H3,(H,17,18);1H. The summed E-state index contributed by atoms with van der Waals surface area (Å²) >= 11 is 1.50. The van der Waals surface area contributed by atoms with Gasteiger partial charge in [-0.05, 0) is 30.5 Å². The summed E-state index contributed by atoms with van der Waals surface area (Å²) in [7, 11) is 1.63. The number of amides is 1. The van der Waals surface area contributed by atoms with E-state index < -0.39 is 0 Å². The Kier molecular flexibility index (Phi) is 10.3. The number of methoxy groups -OCH3 is 1. The molecule has 0 saturated carbocycles. The highest BCUT2D eigenvalue weighted by Gasteiger charge is 2.12. The molecule has 120 valence electrons. The monoisotopic (exact) mass is 332 g/mol. The van der Waals surface area contributed by atoms with Gasteiger partial charge >= 0.3 is 0 Å². The number of nitrogens with one attached hydrogen (secondary N) is 1. The molecular formula is C15H25ClN2O2S. The zero-order valence-electron chi connectivity index (χ0n) is 12.8. The van der Waals surface area contributed by atoms with Crippen molar-refractivity contribution in [1.82, 2.24) is 5.32 Å². The summed E-state index contributed by atoms with van der Waals surface area (Å²) in [6.45, 7) is 4.73. The van der Waals surface area contributed by atoms with Gasteiger partial charge in [0.25, 0.3) is 0 Å². The smallest absolute Gasteiger partial charge is 0.230 e. The van der Waals surface area contributed by atoms with E-state index in [0.29, 0.717) is 18.2 Å². The third-order valence-corrected chi connectivity index (χ3v) is 3.81. The summed E-state index contributed by atoms with van der Waals surface area (Å²) in [5, 5.41) is 2.98. The molecule has 1 rings (SSSR count). The summed E-state index contributed by atoms with van der Waals surface area (Å²) in [5.41, 5.74) is 5.68. The van der Waals surface area contributed by atoms with E-state index in [4.69, 9.17) is 10.5 Å². The molecule has 0 aliphatic heterocycles. The Labute approximate surface area is 137 Å². The number of rotatable bonds is 8. The molecule has 0 heterocycles. The fraction of sp³-hybridized carbons (Fsp3) is 0.533. The van der Waals surface area contributed by atoms with Gasteiger partial charge in [0.15, 0.2) is 0 Å². The minimum Gasteiger partial charge on any atom is -0.497 e. The molecule has 0 fully saturated rings. The van der Waals surface area contributed by atoms with Gasteiger partial charge in [-0.15, -0.1) is 24.2 Å². The lowest BCUT2D eigenvalue weighted by atomic mass is 10.0. The number of ether oxygens (including phenoxy) is 1. The molecule has 3 N–H and O–H groups in total. The predicted molar refractivity (Wildman–Crippen MR) is 91.4 cm³/mol. The first-order valence-corrected chi connectivity index (χ1v) is 7.80. The van der Waals surface area contributed by atoms with Crippen LogP contribution in [0.1, 0.15) is 20.3 Å². The van der Waals surface area contributed by atoms with Gasteiger partial charge in [0.05, 0.1) is 12.9 Å². The number of benzene rings is 1. The van der Waals surface area contributed by atoms with Crippen LogP contribution in [-0.2, 0) is 4.79 Å². The van der Waals surface area contributed by atoms with Gasteiger partial charge in [-0.25, -0.2) is 0 Å². The molecule has 0 saturated heterocycles. The van der Waals surface area contributed by atoms with Gasteiger partial charge in [-0.1, -0.05) is 19.9 Å². The molecule has 1 atom stereocenters. The summed E-state index contributed by atoms with van der Waals surface area (Å²) in [6.07, 6.45) is 0.909. The van der Waals surface area contributed by atoms with Crippen LogP contribution in [0.4, 0.5) is 0 Å². The van der Waals surface area contributed by atoms with E-state index in [9.17, 15) is 4.79 Å². The lowest BCUT2D eigenvalue weighted by Crippen LogP contribution is -2.41. The van der Waals surface area contributed by atoms with E-state index in [1.807, 2.05) is 24.3 Å². The van der Waals surface area contributed by atoms with Crippen LogP contribution in [0.3, 0.4) is 0 Å². The van der Waals surface area contributed by atoms with E-state index >= 15 is 0 Å². The van der Waals surface area contributed by atoms with E-state index in [0.717, 1.165) is 17.1 Å². The average Bonchev–Trinajstić information content (AvgIpc) is 2.44. The molecule has 0 aromatic heterocycles. The lowest BCUT2D eigenvalue weighted by Gasteiger charge is -2.18. The Hall–Kier alpha value is -0.910. The molecule has 0 aliphatic rings. The molecule has 6 heteroatoms. The molecular weight excluding hydrogens is 308 g/mol. The number of carbonyl (C=O) groups is 1. The number of halogens is 1. The van der Waals surface area contributed by atoms with Crippen LogP contribution in [-0.4, -0.2) is 31.4 Å². The lowest BCUT2D eigenvalue weighted by molar-refractivity contribution is -0.119. The maximum absolute atomic E-state index is 11.9. The van der Waals surface area contributed by atoms with Crippen LogP contribution in [0.15, 0.2) is 29.2 Å². The van der Waals surface area contributed by atoms with Crippen molar-refractivity contribution < 1.29 is 9.53 Å². The molecule has 0 radical (unpaired) electrons. The van der Waals surface area contributed by atoms with E-state index in [1.165, 1.54) is 11.8 Å². The SMILES string of the molecule is COc1cccc(SCC(=O)NC(CN)CC(C)C)c1.Cl. The van der Waals surface area contributed by atoms with E-state index in [-0.39, 0.29) is 24.4 Å². The maximum Gasteiger partial charge on any atom is 0.230 e. The van der Waals surface area contributed by atoms with Crippen molar-refractivity contribution in [2.24, 2.45) is 11.7 Å². The summed E-state index contributed by atoms with van der Waals surface area (Å²) in [5.74, 6) is 1.74. The molecule has 1 aromatic carbocycles. The molecule has 1 amide bonds. The fourth-order valence-corrected chi connectivity index (χ4v) is 2.65. The van der Waals surface area contributed by atoms with Crippen molar-refractivity contribution in [3.05, 3.63) is 24.3 Å². The quantitative estimate of drug-likeness (QED) is 0.718. The Morgan fingerprint density at radius 3 is 2.71 bits per heavy atom. The molecule has 1 aromatic rings. The molecule has 1 unspecified atom stereocenters. The van der Waals surface area contributed by atoms with E-state index in [1.54, 1.807) is 7.11 Å². The molecule has 0 spiro atoms. The van der Waals surface area contributed by atoms with Gasteiger partial charge in [0.1, 0.15) is 5.75 Å². The van der Waals surface area contributed by atoms with Crippen molar-refractivity contribution in [3.8, 4) is 5.75 Å². The topological polar surface area (TPSA) is 64.3 Å². The van der Waals surface area contributed by atoms with Crippen molar-refractivity contribution >= 4 is 30.1 Å². The Bertz CT molecular complexity index is 430. The first kappa shape index (κ1) is 20.1. The minimum atomic E-state index is 0. The zero-order valence-corrected chi connectivity index (χ0v) is 14.4. The molecule has 4 nitrogen and oxygen atoms in total. The van der Waals surface area contributed by atoms with Crippen LogP contribution >= 0.6 is 24.2 Å². The Morgan fingerprint density at radius 2 is 2.14 bits per heavy atom. The third-order valence-electron chi connectivity index (χ3n) is 2.82. The van der Waals surface area contributed by atoms with Gasteiger partial charge in [-0.2, -0.15) is 0 Å². The highest BCUT2D eigenvalue weighted by molar-refractivity contribution is 8.00. The number of thioether (sulfide) groups is 1. The maximum atomic E-state index is 11.9. The zero-order chi connectivity index (χ0) is 15.0. The van der Waals surface area contributed by atoms with Crippen LogP contribution < -0.4 is 15.8 Å². The largest absolute Gasteiger partial charge is 0.497 e. The number of hydrogen-bond acceptors (Lipinski definition) is 4. The van der Waals surface area contributed by atoms with Crippen LogP contribution in [0.2, 0.25) is 0 Å². The molecule has 0 aliphatic carbocycles. The minimum absolute atomic E-state index is 0. The first-order valence-electron chi connectivity index (χ1n) is 6.81. The van der Waals surface area contributed by atoms with Crippen LogP contribution in [0.25, 0.3) is 0 Å². The van der Waals surface area contributed by atoms with E-state index in [2.05, 4.69) is 19.2 Å². The van der Waals surface area contributed by atoms with Crippen molar-refractivity contribution in [2.75, 3.05) is 19.4 Å². The van der Waals surface area contributed by atoms with Crippen LogP contribution in [0, 0.1) is 5.92 Å². The first-order chi connectivity index (χ1) is 9.55. The molecule has 21 heavy (non-hydrogen) atoms. The van der Waals surface area contributed by atoms with Crippen molar-refractivity contribution in [2.45, 2.75) is 31.2 Å². The average molecular weight is 333 g/mol. The summed E-state index contributed by atoms with van der Waals surface area (Å²) in [4.78, 5) is 12.9. The fourth-order valence-electron chi connectivity index (χ4n) is 1.89. The Morgan fingerprint density at radius 1 is 1.43 bits per heavy atom. The second-order valence-corrected chi connectivity index (χ2v) is 6.15. The van der Waals surface area contributed by atoms with Crippen LogP contribution in [0.5, 0.6) is 5.75 Å². The molecule has 0 bridgehead atoms.